The molecule has 0 fully saturated rings. The number of rotatable bonds is 7. The molecule has 1 aromatic rings. The van der Waals surface area contributed by atoms with E-state index in [2.05, 4.69) is 6.92 Å². The average molecular weight is 221 g/mol. The van der Waals surface area contributed by atoms with E-state index in [9.17, 15) is 9.18 Å². The zero-order valence-corrected chi connectivity index (χ0v) is 9.55. The van der Waals surface area contributed by atoms with Gasteiger partial charge in [-0.2, -0.15) is 0 Å². The summed E-state index contributed by atoms with van der Waals surface area (Å²) >= 11 is 0. The maximum atomic E-state index is 12.6. The lowest BCUT2D eigenvalue weighted by atomic mass is 10.0. The smallest absolute Gasteiger partial charge is 0.162 e. The standard InChI is InChI=1S/C14H18FO/c1-2-3-4-5-6-7-14(16)12-8-10-13(15)11-9-12/h8-11H,1-7H2. The van der Waals surface area contributed by atoms with Crippen molar-refractivity contribution < 1.29 is 9.18 Å². The number of carbonyl (C=O) groups excluding carboxylic acids is 1. The highest BCUT2D eigenvalue weighted by atomic mass is 19.1. The van der Waals surface area contributed by atoms with Crippen LogP contribution in [0.3, 0.4) is 0 Å². The fraction of sp³-hybridized carbons (Fsp3) is 0.429. The number of benzene rings is 1. The van der Waals surface area contributed by atoms with Crippen LogP contribution in [0.1, 0.15) is 48.9 Å². The van der Waals surface area contributed by atoms with Gasteiger partial charge in [0.1, 0.15) is 5.82 Å². The van der Waals surface area contributed by atoms with Gasteiger partial charge >= 0.3 is 0 Å². The number of carbonyl (C=O) groups is 1. The lowest BCUT2D eigenvalue weighted by Gasteiger charge is -2.01. The maximum Gasteiger partial charge on any atom is 0.162 e. The molecular weight excluding hydrogens is 203 g/mol. The molecule has 1 aromatic carbocycles. The molecular formula is C14H18FO. The molecule has 0 unspecified atom stereocenters. The van der Waals surface area contributed by atoms with Crippen LogP contribution in [-0.2, 0) is 0 Å². The zero-order chi connectivity index (χ0) is 11.8. The Labute approximate surface area is 96.7 Å². The number of ketones is 1. The summed E-state index contributed by atoms with van der Waals surface area (Å²) in [4.78, 5) is 11.7. The quantitative estimate of drug-likeness (QED) is 0.498. The third-order valence-corrected chi connectivity index (χ3v) is 2.57. The van der Waals surface area contributed by atoms with E-state index in [0.717, 1.165) is 32.1 Å². The number of hydrogen-bond donors (Lipinski definition) is 0. The van der Waals surface area contributed by atoms with Crippen molar-refractivity contribution in [2.45, 2.75) is 38.5 Å². The van der Waals surface area contributed by atoms with Gasteiger partial charge in [-0.15, -0.1) is 0 Å². The molecule has 0 heterocycles. The van der Waals surface area contributed by atoms with Gasteiger partial charge in [-0.05, 0) is 30.7 Å². The predicted octanol–water partition coefficient (Wildman–Crippen LogP) is 4.18. The number of Topliss-reactive ketones (excluding diaryl/α,β-unsaturated/α-hetero) is 1. The summed E-state index contributed by atoms with van der Waals surface area (Å²) in [7, 11) is 0. The van der Waals surface area contributed by atoms with Crippen molar-refractivity contribution in [2.24, 2.45) is 0 Å². The van der Waals surface area contributed by atoms with E-state index in [-0.39, 0.29) is 11.6 Å². The molecule has 0 aliphatic rings. The molecule has 0 amide bonds. The monoisotopic (exact) mass is 221 g/mol. The second-order valence-corrected chi connectivity index (χ2v) is 3.95. The predicted molar refractivity (Wildman–Crippen MR) is 63.8 cm³/mol. The van der Waals surface area contributed by atoms with Gasteiger partial charge in [-0.25, -0.2) is 4.39 Å². The molecule has 0 aromatic heterocycles. The van der Waals surface area contributed by atoms with Crippen LogP contribution in [0.15, 0.2) is 24.3 Å². The lowest BCUT2D eigenvalue weighted by Crippen LogP contribution is -1.98. The van der Waals surface area contributed by atoms with Crippen LogP contribution in [0.25, 0.3) is 0 Å². The van der Waals surface area contributed by atoms with Crippen molar-refractivity contribution in [2.75, 3.05) is 0 Å². The Morgan fingerprint density at radius 2 is 1.69 bits per heavy atom. The highest BCUT2D eigenvalue weighted by molar-refractivity contribution is 5.95. The first kappa shape index (κ1) is 12.9. The number of halogens is 1. The summed E-state index contributed by atoms with van der Waals surface area (Å²) in [5.74, 6) is -0.193. The highest BCUT2D eigenvalue weighted by Gasteiger charge is 2.04. The van der Waals surface area contributed by atoms with Gasteiger partial charge in [0.2, 0.25) is 0 Å². The van der Waals surface area contributed by atoms with E-state index in [1.165, 1.54) is 12.1 Å². The van der Waals surface area contributed by atoms with E-state index in [0.29, 0.717) is 12.0 Å². The Morgan fingerprint density at radius 1 is 1.06 bits per heavy atom. The van der Waals surface area contributed by atoms with E-state index in [4.69, 9.17) is 0 Å². The first-order chi connectivity index (χ1) is 7.74. The minimum absolute atomic E-state index is 0.106. The lowest BCUT2D eigenvalue weighted by molar-refractivity contribution is 0.0979. The van der Waals surface area contributed by atoms with Gasteiger partial charge in [0.05, 0.1) is 0 Å². The van der Waals surface area contributed by atoms with Gasteiger partial charge < -0.3 is 0 Å². The largest absolute Gasteiger partial charge is 0.294 e. The maximum absolute atomic E-state index is 12.6. The third kappa shape index (κ3) is 4.56. The molecule has 1 rings (SSSR count). The minimum atomic E-state index is -0.299. The molecule has 2 heteroatoms. The van der Waals surface area contributed by atoms with Crippen LogP contribution in [0, 0.1) is 12.7 Å². The molecule has 0 aliphatic heterocycles. The fourth-order valence-electron chi connectivity index (χ4n) is 1.60. The van der Waals surface area contributed by atoms with Gasteiger partial charge in [0.25, 0.3) is 0 Å². The molecule has 87 valence electrons. The van der Waals surface area contributed by atoms with Gasteiger partial charge in [0, 0.05) is 12.0 Å². The summed E-state index contributed by atoms with van der Waals surface area (Å²) in [6.45, 7) is 3.77. The van der Waals surface area contributed by atoms with Crippen LogP contribution in [0.5, 0.6) is 0 Å². The molecule has 1 radical (unpaired) electrons. The van der Waals surface area contributed by atoms with Crippen LogP contribution in [-0.4, -0.2) is 5.78 Å². The van der Waals surface area contributed by atoms with Crippen molar-refractivity contribution in [1.82, 2.24) is 0 Å². The number of unbranched alkanes of at least 4 members (excludes halogenated alkanes) is 4. The molecule has 16 heavy (non-hydrogen) atoms. The first-order valence-electron chi connectivity index (χ1n) is 5.82. The fourth-order valence-corrected chi connectivity index (χ4v) is 1.60. The van der Waals surface area contributed by atoms with Crippen molar-refractivity contribution in [1.29, 1.82) is 0 Å². The topological polar surface area (TPSA) is 17.1 Å². The summed E-state index contributed by atoms with van der Waals surface area (Å²) in [5, 5.41) is 0. The zero-order valence-electron chi connectivity index (χ0n) is 9.55. The van der Waals surface area contributed by atoms with Crippen LogP contribution in [0.2, 0.25) is 0 Å². The molecule has 0 saturated heterocycles. The van der Waals surface area contributed by atoms with E-state index >= 15 is 0 Å². The van der Waals surface area contributed by atoms with Crippen molar-refractivity contribution in [3.63, 3.8) is 0 Å². The van der Waals surface area contributed by atoms with Gasteiger partial charge in [-0.1, -0.05) is 32.6 Å². The molecule has 1 nitrogen and oxygen atoms in total. The third-order valence-electron chi connectivity index (χ3n) is 2.57. The van der Waals surface area contributed by atoms with Crippen LogP contribution < -0.4 is 0 Å². The molecule has 0 saturated carbocycles. The van der Waals surface area contributed by atoms with E-state index in [1.807, 2.05) is 0 Å². The SMILES string of the molecule is [CH2]CCCCCCC(=O)c1ccc(F)cc1. The van der Waals surface area contributed by atoms with E-state index in [1.54, 1.807) is 12.1 Å². The second kappa shape index (κ2) is 7.15. The molecule has 0 bridgehead atoms. The average Bonchev–Trinajstić information content (AvgIpc) is 2.29. The Kier molecular flexibility index (Phi) is 5.76. The Balaban J connectivity index is 2.27. The Morgan fingerprint density at radius 3 is 2.31 bits per heavy atom. The number of hydrogen-bond acceptors (Lipinski definition) is 1. The Hall–Kier alpha value is -1.18. The second-order valence-electron chi connectivity index (χ2n) is 3.95. The van der Waals surface area contributed by atoms with Crippen molar-refractivity contribution in [3.05, 3.63) is 42.6 Å². The summed E-state index contributed by atoms with van der Waals surface area (Å²) in [6, 6.07) is 5.76. The molecule has 0 atom stereocenters. The van der Waals surface area contributed by atoms with E-state index < -0.39 is 0 Å². The minimum Gasteiger partial charge on any atom is -0.294 e. The Bertz CT molecular complexity index is 316. The summed E-state index contributed by atoms with van der Waals surface area (Å²) in [6.07, 6.45) is 5.78. The van der Waals surface area contributed by atoms with Gasteiger partial charge in [-0.3, -0.25) is 4.79 Å². The van der Waals surface area contributed by atoms with Crippen molar-refractivity contribution in [3.8, 4) is 0 Å². The van der Waals surface area contributed by atoms with Crippen LogP contribution in [0.4, 0.5) is 4.39 Å². The van der Waals surface area contributed by atoms with Gasteiger partial charge in [0.15, 0.2) is 5.78 Å². The van der Waals surface area contributed by atoms with Crippen LogP contribution >= 0.6 is 0 Å². The molecule has 0 spiro atoms. The normalized spacial score (nSPS) is 10.4. The molecule has 0 aliphatic carbocycles. The highest BCUT2D eigenvalue weighted by Crippen LogP contribution is 2.10. The first-order valence-corrected chi connectivity index (χ1v) is 5.82. The van der Waals surface area contributed by atoms with Crippen molar-refractivity contribution >= 4 is 5.78 Å². The summed E-state index contributed by atoms with van der Waals surface area (Å²) < 4.78 is 12.6. The summed E-state index contributed by atoms with van der Waals surface area (Å²) in [5.41, 5.74) is 0.610. The molecule has 0 N–H and O–H groups in total.